The number of aliphatic hydroxyl groups is 1. The maximum atomic E-state index is 12.0. The first-order chi connectivity index (χ1) is 13.1. The number of rotatable bonds is 10. The summed E-state index contributed by atoms with van der Waals surface area (Å²) in [4.78, 5) is 13.1. The molecule has 5 nitrogen and oxygen atoms in total. The summed E-state index contributed by atoms with van der Waals surface area (Å²) in [7, 11) is 1.39. The summed E-state index contributed by atoms with van der Waals surface area (Å²) in [6.07, 6.45) is 5.47. The van der Waals surface area contributed by atoms with E-state index in [1.807, 2.05) is 28.6 Å². The van der Waals surface area contributed by atoms with Gasteiger partial charge in [0.25, 0.3) is 0 Å². The van der Waals surface area contributed by atoms with E-state index in [0.29, 0.717) is 25.3 Å². The summed E-state index contributed by atoms with van der Waals surface area (Å²) >= 11 is 1.53. The normalized spacial score (nSPS) is 21.6. The van der Waals surface area contributed by atoms with Gasteiger partial charge in [-0.2, -0.15) is 0 Å². The van der Waals surface area contributed by atoms with Gasteiger partial charge >= 0.3 is 5.97 Å². The van der Waals surface area contributed by atoms with Gasteiger partial charge in [-0.05, 0) is 55.0 Å². The van der Waals surface area contributed by atoms with Gasteiger partial charge in [0, 0.05) is 17.9 Å². The van der Waals surface area contributed by atoms with Gasteiger partial charge in [0.15, 0.2) is 0 Å². The Balaban J connectivity index is 1.89. The third-order valence-corrected chi connectivity index (χ3v) is 6.23. The van der Waals surface area contributed by atoms with E-state index in [2.05, 4.69) is 13.8 Å². The van der Waals surface area contributed by atoms with Crippen molar-refractivity contribution in [1.29, 1.82) is 0 Å². The molecule has 3 unspecified atom stereocenters. The first kappa shape index (κ1) is 22.1. The molecule has 0 amide bonds. The van der Waals surface area contributed by atoms with Crippen LogP contribution in [-0.4, -0.2) is 47.8 Å². The fourth-order valence-corrected chi connectivity index (χ4v) is 4.25. The molecule has 1 N–H and O–H groups in total. The van der Waals surface area contributed by atoms with Gasteiger partial charge < -0.3 is 14.6 Å². The summed E-state index contributed by atoms with van der Waals surface area (Å²) in [5.74, 6) is 1.20. The third-order valence-electron chi connectivity index (χ3n) is 5.07. The number of aliphatic hydroxyl groups excluding tert-OH is 1. The number of ether oxygens (including phenoxy) is 2. The van der Waals surface area contributed by atoms with Crippen LogP contribution < -0.4 is 4.74 Å². The molecule has 1 saturated heterocycles. The molecule has 0 bridgehead atoms. The Morgan fingerprint density at radius 3 is 2.70 bits per heavy atom. The Kier molecular flexibility index (Phi) is 9.45. The topological polar surface area (TPSA) is 59.0 Å². The number of nitrogens with zero attached hydrogens (tertiary/aromatic N) is 1. The number of carbonyl (C=O) groups is 1. The highest BCUT2D eigenvalue weighted by Crippen LogP contribution is 2.32. The highest BCUT2D eigenvalue weighted by Gasteiger charge is 2.34. The molecule has 6 heteroatoms. The molecule has 1 fully saturated rings. The zero-order valence-corrected chi connectivity index (χ0v) is 17.5. The molecule has 3 atom stereocenters. The van der Waals surface area contributed by atoms with Gasteiger partial charge in [-0.25, -0.2) is 4.31 Å². The van der Waals surface area contributed by atoms with Crippen LogP contribution in [0.1, 0.15) is 52.4 Å². The average Bonchev–Trinajstić information content (AvgIpc) is 2.70. The maximum Gasteiger partial charge on any atom is 0.324 e. The van der Waals surface area contributed by atoms with Crippen LogP contribution >= 0.6 is 11.9 Å². The molecule has 1 aliphatic heterocycles. The predicted molar refractivity (Wildman–Crippen MR) is 109 cm³/mol. The van der Waals surface area contributed by atoms with E-state index in [1.54, 1.807) is 0 Å². The highest BCUT2D eigenvalue weighted by molar-refractivity contribution is 7.97. The Morgan fingerprint density at radius 2 is 2.07 bits per heavy atom. The Bertz CT molecular complexity index is 566. The van der Waals surface area contributed by atoms with E-state index < -0.39 is 12.1 Å². The van der Waals surface area contributed by atoms with Gasteiger partial charge in [-0.1, -0.05) is 33.1 Å². The molecule has 152 valence electrons. The van der Waals surface area contributed by atoms with Crippen molar-refractivity contribution < 1.29 is 19.4 Å². The first-order valence-electron chi connectivity index (χ1n) is 10.0. The van der Waals surface area contributed by atoms with Gasteiger partial charge in [-0.3, -0.25) is 4.79 Å². The molecule has 0 aromatic heterocycles. The van der Waals surface area contributed by atoms with Crippen LogP contribution in [0.15, 0.2) is 29.2 Å². The molecule has 1 aromatic carbocycles. The fourth-order valence-electron chi connectivity index (χ4n) is 3.23. The van der Waals surface area contributed by atoms with Crippen molar-refractivity contribution in [1.82, 2.24) is 4.31 Å². The minimum absolute atomic E-state index is 0.293. The number of esters is 1. The van der Waals surface area contributed by atoms with Crippen LogP contribution in [0.25, 0.3) is 0 Å². The number of benzene rings is 1. The molecule has 2 rings (SSSR count). The van der Waals surface area contributed by atoms with Crippen LogP contribution in [-0.2, 0) is 9.53 Å². The van der Waals surface area contributed by atoms with Crippen molar-refractivity contribution in [2.75, 3.05) is 20.3 Å². The molecule has 1 heterocycles. The standard InChI is InChI=1S/C21H33NO4S/c1-4-6-7-16(5-2)15-26-18-8-10-19(11-9-18)27-22-13-12-17(23)14-20(22)21(24)25-3/h8-11,16-17,20,23H,4-7,12-15H2,1-3H3. The van der Waals surface area contributed by atoms with Gasteiger partial charge in [-0.15, -0.1) is 0 Å². The zero-order valence-electron chi connectivity index (χ0n) is 16.7. The highest BCUT2D eigenvalue weighted by atomic mass is 32.2. The van der Waals surface area contributed by atoms with E-state index in [4.69, 9.17) is 9.47 Å². The maximum absolute atomic E-state index is 12.0. The minimum Gasteiger partial charge on any atom is -0.493 e. The van der Waals surface area contributed by atoms with Crippen LogP contribution in [0.2, 0.25) is 0 Å². The van der Waals surface area contributed by atoms with E-state index in [0.717, 1.165) is 23.7 Å². The Labute approximate surface area is 167 Å². The van der Waals surface area contributed by atoms with Crippen molar-refractivity contribution in [3.8, 4) is 5.75 Å². The molecular weight excluding hydrogens is 362 g/mol. The van der Waals surface area contributed by atoms with Crippen molar-refractivity contribution in [2.24, 2.45) is 5.92 Å². The summed E-state index contributed by atoms with van der Waals surface area (Å²) in [5, 5.41) is 9.86. The molecule has 0 spiro atoms. The predicted octanol–water partition coefficient (Wildman–Crippen LogP) is 4.29. The Morgan fingerprint density at radius 1 is 1.33 bits per heavy atom. The number of carbonyl (C=O) groups excluding carboxylic acids is 1. The molecule has 0 radical (unpaired) electrons. The van der Waals surface area contributed by atoms with Gasteiger partial charge in [0.1, 0.15) is 11.8 Å². The Hall–Kier alpha value is -1.24. The van der Waals surface area contributed by atoms with E-state index in [9.17, 15) is 9.90 Å². The monoisotopic (exact) mass is 395 g/mol. The number of hydrogen-bond acceptors (Lipinski definition) is 6. The van der Waals surface area contributed by atoms with Crippen molar-refractivity contribution in [3.63, 3.8) is 0 Å². The summed E-state index contributed by atoms with van der Waals surface area (Å²) < 4.78 is 12.9. The first-order valence-corrected chi connectivity index (χ1v) is 10.8. The van der Waals surface area contributed by atoms with Crippen molar-refractivity contribution in [2.45, 2.75) is 69.4 Å². The van der Waals surface area contributed by atoms with Crippen LogP contribution in [0.5, 0.6) is 5.75 Å². The smallest absolute Gasteiger partial charge is 0.324 e. The summed E-state index contributed by atoms with van der Waals surface area (Å²) in [5.41, 5.74) is 0. The lowest BCUT2D eigenvalue weighted by Gasteiger charge is -2.34. The second kappa shape index (κ2) is 11.6. The lowest BCUT2D eigenvalue weighted by molar-refractivity contribution is -0.147. The second-order valence-corrected chi connectivity index (χ2v) is 8.27. The lowest BCUT2D eigenvalue weighted by Crippen LogP contribution is -2.45. The molecule has 0 aliphatic carbocycles. The third kappa shape index (κ3) is 7.01. The number of piperidine rings is 1. The lowest BCUT2D eigenvalue weighted by atomic mass is 10.0. The second-order valence-electron chi connectivity index (χ2n) is 7.15. The zero-order chi connectivity index (χ0) is 19.6. The number of hydrogen-bond donors (Lipinski definition) is 1. The number of methoxy groups -OCH3 is 1. The van der Waals surface area contributed by atoms with Crippen LogP contribution in [0.3, 0.4) is 0 Å². The SMILES string of the molecule is CCCCC(CC)COc1ccc(SN2CCC(O)CC2C(=O)OC)cc1. The van der Waals surface area contributed by atoms with E-state index >= 15 is 0 Å². The molecule has 0 saturated carbocycles. The molecular formula is C21H33NO4S. The van der Waals surface area contributed by atoms with E-state index in [-0.39, 0.29) is 5.97 Å². The summed E-state index contributed by atoms with van der Waals surface area (Å²) in [6.45, 7) is 5.85. The van der Waals surface area contributed by atoms with Crippen molar-refractivity contribution in [3.05, 3.63) is 24.3 Å². The fraction of sp³-hybridized carbons (Fsp3) is 0.667. The van der Waals surface area contributed by atoms with Crippen LogP contribution in [0, 0.1) is 5.92 Å². The van der Waals surface area contributed by atoms with Crippen LogP contribution in [0.4, 0.5) is 0 Å². The number of unbranched alkanes of at least 4 members (excludes halogenated alkanes) is 1. The molecule has 1 aliphatic rings. The van der Waals surface area contributed by atoms with E-state index in [1.165, 1.54) is 38.3 Å². The van der Waals surface area contributed by atoms with Gasteiger partial charge in [0.05, 0.1) is 19.8 Å². The quantitative estimate of drug-likeness (QED) is 0.471. The minimum atomic E-state index is -0.444. The van der Waals surface area contributed by atoms with Crippen molar-refractivity contribution >= 4 is 17.9 Å². The molecule has 1 aromatic rings. The largest absolute Gasteiger partial charge is 0.493 e. The average molecular weight is 396 g/mol. The van der Waals surface area contributed by atoms with Gasteiger partial charge in [0.2, 0.25) is 0 Å². The molecule has 27 heavy (non-hydrogen) atoms. The summed E-state index contributed by atoms with van der Waals surface area (Å²) in [6, 6.07) is 7.60.